The van der Waals surface area contributed by atoms with Crippen molar-refractivity contribution >= 4 is 34.0 Å². The van der Waals surface area contributed by atoms with Gasteiger partial charge < -0.3 is 10.2 Å². The molecule has 30 heavy (non-hydrogen) atoms. The van der Waals surface area contributed by atoms with E-state index in [-0.39, 0.29) is 17.7 Å². The third kappa shape index (κ3) is 4.57. The Kier molecular flexibility index (Phi) is 5.90. The van der Waals surface area contributed by atoms with Gasteiger partial charge in [-0.3, -0.25) is 9.59 Å². The van der Waals surface area contributed by atoms with Crippen LogP contribution >= 0.6 is 11.3 Å². The summed E-state index contributed by atoms with van der Waals surface area (Å²) < 4.78 is 0. The fraction of sp³-hybridized carbons (Fsp3) is 0.304. The van der Waals surface area contributed by atoms with Crippen LogP contribution in [0, 0.1) is 6.92 Å². The van der Waals surface area contributed by atoms with E-state index in [1.807, 2.05) is 43.3 Å². The number of benzene rings is 2. The van der Waals surface area contributed by atoms with Gasteiger partial charge in [0.1, 0.15) is 5.01 Å². The Morgan fingerprint density at radius 3 is 2.50 bits per heavy atom. The number of carbonyl (C=O) groups excluding carboxylic acids is 2. The first-order valence-electron chi connectivity index (χ1n) is 10.1. The van der Waals surface area contributed by atoms with E-state index in [4.69, 9.17) is 0 Å². The molecule has 154 valence electrons. The van der Waals surface area contributed by atoms with Crippen molar-refractivity contribution in [1.29, 1.82) is 0 Å². The van der Waals surface area contributed by atoms with Crippen LogP contribution in [0.5, 0.6) is 0 Å². The van der Waals surface area contributed by atoms with E-state index in [1.54, 1.807) is 4.90 Å². The average Bonchev–Trinajstić information content (AvgIpc) is 3.36. The number of hydrogen-bond acceptors (Lipinski definition) is 5. The maximum Gasteiger partial charge on any atom is 0.230 e. The Morgan fingerprint density at radius 1 is 1.10 bits per heavy atom. The fourth-order valence-corrected chi connectivity index (χ4v) is 4.39. The van der Waals surface area contributed by atoms with Crippen LogP contribution in [0.4, 0.5) is 10.8 Å². The first-order chi connectivity index (χ1) is 14.5. The molecule has 0 radical (unpaired) electrons. The Bertz CT molecular complexity index is 1040. The fourth-order valence-electron chi connectivity index (χ4n) is 3.54. The van der Waals surface area contributed by atoms with Gasteiger partial charge >= 0.3 is 0 Å². The van der Waals surface area contributed by atoms with Crippen LogP contribution in [-0.2, 0) is 22.4 Å². The van der Waals surface area contributed by atoms with Crippen LogP contribution in [0.2, 0.25) is 0 Å². The molecular weight excluding hydrogens is 396 g/mol. The first-order valence-corrected chi connectivity index (χ1v) is 10.9. The van der Waals surface area contributed by atoms with Gasteiger partial charge in [-0.05, 0) is 36.6 Å². The summed E-state index contributed by atoms with van der Waals surface area (Å²) in [5.74, 6) is -0.0466. The molecule has 7 heteroatoms. The molecule has 1 N–H and O–H groups in total. The number of anilines is 2. The molecule has 0 saturated carbocycles. The molecule has 2 amide bonds. The van der Waals surface area contributed by atoms with Crippen molar-refractivity contribution in [1.82, 2.24) is 10.2 Å². The van der Waals surface area contributed by atoms with Crippen molar-refractivity contribution in [3.63, 3.8) is 0 Å². The minimum absolute atomic E-state index is 0.0106. The molecule has 1 aromatic heterocycles. The summed E-state index contributed by atoms with van der Waals surface area (Å²) in [6.07, 6.45) is 1.67. The lowest BCUT2D eigenvalue weighted by Crippen LogP contribution is -2.24. The van der Waals surface area contributed by atoms with Crippen LogP contribution in [-0.4, -0.2) is 28.6 Å². The molecule has 1 fully saturated rings. The van der Waals surface area contributed by atoms with E-state index in [9.17, 15) is 9.59 Å². The van der Waals surface area contributed by atoms with Crippen molar-refractivity contribution in [2.45, 2.75) is 39.0 Å². The molecule has 0 unspecified atom stereocenters. The number of rotatable bonds is 6. The largest absolute Gasteiger partial charge is 0.312 e. The lowest BCUT2D eigenvalue weighted by atomic mass is 10.1. The molecular formula is C23H24N4O2S. The lowest BCUT2D eigenvalue weighted by Gasteiger charge is -2.16. The molecule has 1 atom stereocenters. The Labute approximate surface area is 180 Å². The summed E-state index contributed by atoms with van der Waals surface area (Å²) in [4.78, 5) is 26.6. The number of nitrogens with one attached hydrogen (secondary N) is 1. The van der Waals surface area contributed by atoms with Gasteiger partial charge in [0.2, 0.25) is 16.9 Å². The number of nitrogens with zero attached hydrogens (tertiary/aromatic N) is 3. The quantitative estimate of drug-likeness (QED) is 0.651. The summed E-state index contributed by atoms with van der Waals surface area (Å²) in [6.45, 7) is 4.71. The van der Waals surface area contributed by atoms with Gasteiger partial charge in [0, 0.05) is 24.6 Å². The van der Waals surface area contributed by atoms with Crippen LogP contribution in [0.15, 0.2) is 48.5 Å². The highest BCUT2D eigenvalue weighted by Crippen LogP contribution is 2.34. The van der Waals surface area contributed by atoms with Crippen LogP contribution in [0.1, 0.15) is 41.0 Å². The molecule has 1 saturated heterocycles. The van der Waals surface area contributed by atoms with Gasteiger partial charge in [-0.25, -0.2) is 0 Å². The van der Waals surface area contributed by atoms with Gasteiger partial charge in [0.25, 0.3) is 0 Å². The van der Waals surface area contributed by atoms with Gasteiger partial charge in [0.05, 0.1) is 6.42 Å². The van der Waals surface area contributed by atoms with E-state index in [0.717, 1.165) is 28.2 Å². The smallest absolute Gasteiger partial charge is 0.230 e. The van der Waals surface area contributed by atoms with Crippen LogP contribution in [0.3, 0.4) is 0 Å². The highest BCUT2D eigenvalue weighted by Gasteiger charge is 2.34. The van der Waals surface area contributed by atoms with E-state index >= 15 is 0 Å². The van der Waals surface area contributed by atoms with E-state index < -0.39 is 0 Å². The molecule has 0 bridgehead atoms. The number of hydrogen-bond donors (Lipinski definition) is 1. The topological polar surface area (TPSA) is 75.2 Å². The van der Waals surface area contributed by atoms with Crippen molar-refractivity contribution in [2.75, 3.05) is 16.8 Å². The highest BCUT2D eigenvalue weighted by molar-refractivity contribution is 7.15. The van der Waals surface area contributed by atoms with Gasteiger partial charge in [0.15, 0.2) is 0 Å². The monoisotopic (exact) mass is 420 g/mol. The second kappa shape index (κ2) is 8.75. The van der Waals surface area contributed by atoms with Crippen molar-refractivity contribution < 1.29 is 9.59 Å². The number of aryl methyl sites for hydroxylation is 2. The second-order valence-electron chi connectivity index (χ2n) is 7.58. The maximum absolute atomic E-state index is 12.5. The van der Waals surface area contributed by atoms with Gasteiger partial charge in [-0.2, -0.15) is 0 Å². The molecule has 6 nitrogen and oxygen atoms in total. The van der Waals surface area contributed by atoms with Crippen molar-refractivity contribution in [3.05, 3.63) is 70.2 Å². The Hall–Kier alpha value is -3.06. The summed E-state index contributed by atoms with van der Waals surface area (Å²) in [5, 5.41) is 12.4. The summed E-state index contributed by atoms with van der Waals surface area (Å²) in [7, 11) is 0. The SMILES string of the molecule is CCc1ccc(N2C[C@@H](c3nnc(NC(=O)Cc4ccc(C)cc4)s3)CC2=O)cc1. The van der Waals surface area contributed by atoms with Gasteiger partial charge in [-0.15, -0.1) is 10.2 Å². The third-order valence-corrected chi connectivity index (χ3v) is 6.30. The molecule has 0 aliphatic carbocycles. The Morgan fingerprint density at radius 2 is 1.80 bits per heavy atom. The lowest BCUT2D eigenvalue weighted by molar-refractivity contribution is -0.117. The predicted octanol–water partition coefficient (Wildman–Crippen LogP) is 4.11. The average molecular weight is 421 g/mol. The number of amides is 2. The molecule has 1 aliphatic heterocycles. The number of carbonyl (C=O) groups is 2. The third-order valence-electron chi connectivity index (χ3n) is 5.30. The Balaban J connectivity index is 1.38. The number of aromatic nitrogens is 2. The zero-order valence-electron chi connectivity index (χ0n) is 17.1. The molecule has 1 aliphatic rings. The van der Waals surface area contributed by atoms with Crippen LogP contribution < -0.4 is 10.2 Å². The first kappa shape index (κ1) is 20.2. The maximum atomic E-state index is 12.5. The molecule has 2 heterocycles. The normalized spacial score (nSPS) is 16.1. The zero-order valence-corrected chi connectivity index (χ0v) is 17.9. The minimum Gasteiger partial charge on any atom is -0.312 e. The van der Waals surface area contributed by atoms with Gasteiger partial charge in [-0.1, -0.05) is 60.2 Å². The standard InChI is InChI=1S/C23H24N4O2S/c1-3-16-8-10-19(11-9-16)27-14-18(13-21(27)29)22-25-26-23(30-22)24-20(28)12-17-6-4-15(2)5-7-17/h4-11,18H,3,12-14H2,1-2H3,(H,24,26,28)/t18-/m0/s1. The molecule has 3 aromatic rings. The van der Waals surface area contributed by atoms with Crippen molar-refractivity contribution in [2.24, 2.45) is 0 Å². The summed E-state index contributed by atoms with van der Waals surface area (Å²) >= 11 is 1.34. The predicted molar refractivity (Wildman–Crippen MR) is 119 cm³/mol. The van der Waals surface area contributed by atoms with E-state index in [0.29, 0.717) is 24.5 Å². The molecule has 4 rings (SSSR count). The van der Waals surface area contributed by atoms with Crippen molar-refractivity contribution in [3.8, 4) is 0 Å². The second-order valence-corrected chi connectivity index (χ2v) is 8.59. The summed E-state index contributed by atoms with van der Waals surface area (Å²) in [6, 6.07) is 16.0. The highest BCUT2D eigenvalue weighted by atomic mass is 32.1. The van der Waals surface area contributed by atoms with Crippen LogP contribution in [0.25, 0.3) is 0 Å². The van der Waals surface area contributed by atoms with E-state index in [2.05, 4.69) is 34.6 Å². The molecule has 2 aromatic carbocycles. The summed E-state index contributed by atoms with van der Waals surface area (Å²) in [5.41, 5.74) is 4.27. The zero-order chi connectivity index (χ0) is 21.1. The molecule has 0 spiro atoms. The van der Waals surface area contributed by atoms with E-state index in [1.165, 1.54) is 16.9 Å². The minimum atomic E-state index is -0.123.